The van der Waals surface area contributed by atoms with E-state index in [4.69, 9.17) is 5.73 Å². The van der Waals surface area contributed by atoms with Gasteiger partial charge in [-0.25, -0.2) is 4.98 Å². The summed E-state index contributed by atoms with van der Waals surface area (Å²) in [6, 6.07) is 0.615. The second-order valence-corrected chi connectivity index (χ2v) is 6.18. The lowest BCUT2D eigenvalue weighted by molar-refractivity contribution is -0.127. The summed E-state index contributed by atoms with van der Waals surface area (Å²) in [4.78, 5) is 16.6. The standard InChI is InChI=1S/C15H24N4O/c16-12-5-2-1-4-11(12)15(20)18-13-6-3-7-14(13)19-9-8-17-10-19/h8-14H,1-7,16H2,(H,18,20). The second-order valence-electron chi connectivity index (χ2n) is 6.18. The van der Waals surface area contributed by atoms with E-state index >= 15 is 0 Å². The Kier molecular flexibility index (Phi) is 4.05. The van der Waals surface area contributed by atoms with Crippen molar-refractivity contribution in [2.24, 2.45) is 11.7 Å². The summed E-state index contributed by atoms with van der Waals surface area (Å²) >= 11 is 0. The molecule has 5 nitrogen and oxygen atoms in total. The van der Waals surface area contributed by atoms with E-state index in [1.54, 1.807) is 6.20 Å². The summed E-state index contributed by atoms with van der Waals surface area (Å²) in [6.07, 6.45) is 13.2. The number of hydrogen-bond acceptors (Lipinski definition) is 3. The van der Waals surface area contributed by atoms with Gasteiger partial charge in [-0.1, -0.05) is 12.8 Å². The number of carbonyl (C=O) groups excluding carboxylic acids is 1. The average Bonchev–Trinajstić information content (AvgIpc) is 3.09. The average molecular weight is 276 g/mol. The zero-order valence-corrected chi connectivity index (χ0v) is 11.9. The van der Waals surface area contributed by atoms with Crippen molar-refractivity contribution in [3.05, 3.63) is 18.7 Å². The van der Waals surface area contributed by atoms with Crippen molar-refractivity contribution in [3.8, 4) is 0 Å². The Labute approximate surface area is 119 Å². The van der Waals surface area contributed by atoms with Gasteiger partial charge in [0.05, 0.1) is 18.3 Å². The van der Waals surface area contributed by atoms with Gasteiger partial charge in [0.15, 0.2) is 0 Å². The second kappa shape index (κ2) is 5.95. The molecular weight excluding hydrogens is 252 g/mol. The number of rotatable bonds is 3. The monoisotopic (exact) mass is 276 g/mol. The van der Waals surface area contributed by atoms with Crippen molar-refractivity contribution in [3.63, 3.8) is 0 Å². The molecule has 1 amide bonds. The van der Waals surface area contributed by atoms with Crippen LogP contribution in [0.2, 0.25) is 0 Å². The predicted molar refractivity (Wildman–Crippen MR) is 77.0 cm³/mol. The van der Waals surface area contributed by atoms with Crippen molar-refractivity contribution < 1.29 is 4.79 Å². The lowest BCUT2D eigenvalue weighted by Gasteiger charge is -2.30. The minimum Gasteiger partial charge on any atom is -0.351 e. The molecule has 2 aliphatic rings. The highest BCUT2D eigenvalue weighted by atomic mass is 16.2. The van der Waals surface area contributed by atoms with Gasteiger partial charge in [0.25, 0.3) is 0 Å². The molecule has 3 N–H and O–H groups in total. The molecule has 4 atom stereocenters. The minimum absolute atomic E-state index is 0.00721. The zero-order valence-electron chi connectivity index (χ0n) is 11.9. The van der Waals surface area contributed by atoms with Crippen molar-refractivity contribution in [2.75, 3.05) is 0 Å². The van der Waals surface area contributed by atoms with E-state index in [0.29, 0.717) is 6.04 Å². The van der Waals surface area contributed by atoms with Crippen molar-refractivity contribution in [1.82, 2.24) is 14.9 Å². The van der Waals surface area contributed by atoms with Crippen LogP contribution in [-0.2, 0) is 4.79 Å². The van der Waals surface area contributed by atoms with Gasteiger partial charge in [-0.2, -0.15) is 0 Å². The van der Waals surface area contributed by atoms with Crippen LogP contribution in [0, 0.1) is 5.92 Å². The summed E-state index contributed by atoms with van der Waals surface area (Å²) in [5.41, 5.74) is 6.11. The molecule has 110 valence electrons. The number of hydrogen-bond donors (Lipinski definition) is 2. The van der Waals surface area contributed by atoms with Crippen LogP contribution in [0.25, 0.3) is 0 Å². The lowest BCUT2D eigenvalue weighted by Crippen LogP contribution is -2.47. The van der Waals surface area contributed by atoms with E-state index in [1.807, 2.05) is 12.5 Å². The van der Waals surface area contributed by atoms with Gasteiger partial charge >= 0.3 is 0 Å². The number of nitrogens with two attached hydrogens (primary N) is 1. The molecule has 0 bridgehead atoms. The van der Waals surface area contributed by atoms with Crippen LogP contribution in [-0.4, -0.2) is 27.5 Å². The van der Waals surface area contributed by atoms with Crippen molar-refractivity contribution >= 4 is 5.91 Å². The number of amides is 1. The third-order valence-corrected chi connectivity index (χ3v) is 4.87. The van der Waals surface area contributed by atoms with Crippen molar-refractivity contribution in [1.29, 1.82) is 0 Å². The molecule has 2 saturated carbocycles. The molecule has 0 aromatic carbocycles. The maximum absolute atomic E-state index is 12.5. The first-order valence-electron chi connectivity index (χ1n) is 7.79. The highest BCUT2D eigenvalue weighted by molar-refractivity contribution is 5.79. The molecule has 1 aromatic heterocycles. The Balaban J connectivity index is 1.63. The van der Waals surface area contributed by atoms with Gasteiger partial charge in [0.1, 0.15) is 0 Å². The van der Waals surface area contributed by atoms with Crippen LogP contribution in [0.3, 0.4) is 0 Å². The van der Waals surface area contributed by atoms with Crippen LogP contribution in [0.4, 0.5) is 0 Å². The Morgan fingerprint density at radius 2 is 2.05 bits per heavy atom. The first-order chi connectivity index (χ1) is 9.75. The third-order valence-electron chi connectivity index (χ3n) is 4.87. The van der Waals surface area contributed by atoms with E-state index in [1.165, 1.54) is 0 Å². The minimum atomic E-state index is 0.00721. The van der Waals surface area contributed by atoms with Gasteiger partial charge < -0.3 is 15.6 Å². The van der Waals surface area contributed by atoms with Crippen LogP contribution in [0.1, 0.15) is 51.0 Å². The van der Waals surface area contributed by atoms with E-state index in [-0.39, 0.29) is 23.9 Å². The molecule has 1 aromatic rings. The molecule has 0 spiro atoms. The first kappa shape index (κ1) is 13.6. The molecule has 0 aliphatic heterocycles. The Morgan fingerprint density at radius 3 is 2.80 bits per heavy atom. The largest absolute Gasteiger partial charge is 0.351 e. The molecule has 20 heavy (non-hydrogen) atoms. The molecule has 1 heterocycles. The van der Waals surface area contributed by atoms with Crippen molar-refractivity contribution in [2.45, 2.75) is 63.1 Å². The lowest BCUT2D eigenvalue weighted by atomic mass is 9.84. The number of imidazole rings is 1. The number of nitrogens with one attached hydrogen (secondary N) is 1. The highest BCUT2D eigenvalue weighted by Crippen LogP contribution is 2.31. The number of aromatic nitrogens is 2. The quantitative estimate of drug-likeness (QED) is 0.881. The van der Waals surface area contributed by atoms with Gasteiger partial charge in [-0.3, -0.25) is 4.79 Å². The van der Waals surface area contributed by atoms with Crippen LogP contribution < -0.4 is 11.1 Å². The molecule has 0 saturated heterocycles. The third kappa shape index (κ3) is 2.73. The Bertz CT molecular complexity index is 445. The van der Waals surface area contributed by atoms with Crippen LogP contribution >= 0.6 is 0 Å². The first-order valence-corrected chi connectivity index (χ1v) is 7.79. The van der Waals surface area contributed by atoms with E-state index in [9.17, 15) is 4.79 Å². The fourth-order valence-corrected chi connectivity index (χ4v) is 3.71. The normalized spacial score (nSPS) is 34.0. The summed E-state index contributed by atoms with van der Waals surface area (Å²) in [5.74, 6) is 0.169. The zero-order chi connectivity index (χ0) is 13.9. The topological polar surface area (TPSA) is 72.9 Å². The van der Waals surface area contributed by atoms with Crippen LogP contribution in [0.15, 0.2) is 18.7 Å². The molecular formula is C15H24N4O. The summed E-state index contributed by atoms with van der Waals surface area (Å²) < 4.78 is 2.12. The van der Waals surface area contributed by atoms with Crippen LogP contribution in [0.5, 0.6) is 0 Å². The molecule has 2 fully saturated rings. The van der Waals surface area contributed by atoms with Gasteiger partial charge in [0.2, 0.25) is 5.91 Å². The summed E-state index contributed by atoms with van der Waals surface area (Å²) in [6.45, 7) is 0. The number of carbonyl (C=O) groups is 1. The van der Waals surface area contributed by atoms with Gasteiger partial charge in [0, 0.05) is 24.5 Å². The Hall–Kier alpha value is -1.36. The number of nitrogens with zero attached hydrogens (tertiary/aromatic N) is 2. The SMILES string of the molecule is NC1CCCCC1C(=O)NC1CCCC1n1ccnc1. The Morgan fingerprint density at radius 1 is 1.20 bits per heavy atom. The van der Waals surface area contributed by atoms with E-state index < -0.39 is 0 Å². The molecule has 3 rings (SSSR count). The molecule has 4 unspecified atom stereocenters. The summed E-state index contributed by atoms with van der Waals surface area (Å²) in [5, 5.41) is 3.25. The maximum atomic E-state index is 12.5. The highest BCUT2D eigenvalue weighted by Gasteiger charge is 2.34. The molecule has 5 heteroatoms. The fraction of sp³-hybridized carbons (Fsp3) is 0.733. The van der Waals surface area contributed by atoms with Gasteiger partial charge in [-0.15, -0.1) is 0 Å². The fourth-order valence-electron chi connectivity index (χ4n) is 3.71. The van der Waals surface area contributed by atoms with Gasteiger partial charge in [-0.05, 0) is 32.1 Å². The molecule has 0 radical (unpaired) electrons. The maximum Gasteiger partial charge on any atom is 0.224 e. The predicted octanol–water partition coefficient (Wildman–Crippen LogP) is 1.61. The summed E-state index contributed by atoms with van der Waals surface area (Å²) in [7, 11) is 0. The van der Waals surface area contributed by atoms with E-state index in [0.717, 1.165) is 44.9 Å². The smallest absolute Gasteiger partial charge is 0.224 e. The molecule has 2 aliphatic carbocycles. The van der Waals surface area contributed by atoms with E-state index in [2.05, 4.69) is 14.9 Å².